The minimum atomic E-state index is -0.537. The van der Waals surface area contributed by atoms with E-state index in [1.165, 1.54) is 12.5 Å². The van der Waals surface area contributed by atoms with E-state index < -0.39 is 11.9 Å². The van der Waals surface area contributed by atoms with E-state index in [1.807, 2.05) is 0 Å². The highest BCUT2D eigenvalue weighted by molar-refractivity contribution is 5.94. The molecule has 0 aromatic carbocycles. The fourth-order valence-electron chi connectivity index (χ4n) is 0.567. The van der Waals surface area contributed by atoms with Crippen LogP contribution in [0.3, 0.4) is 0 Å². The number of urea groups is 1. The molecule has 0 spiro atoms. The van der Waals surface area contributed by atoms with Crippen LogP contribution in [-0.4, -0.2) is 31.7 Å². The zero-order valence-electron chi connectivity index (χ0n) is 10.3. The molecule has 0 saturated carbocycles. The lowest BCUT2D eigenvalue weighted by Crippen LogP contribution is -2.41. The highest BCUT2D eigenvalue weighted by Crippen LogP contribution is 1.74. The number of hydrogen-bond donors (Lipinski definition) is 2. The summed E-state index contributed by atoms with van der Waals surface area (Å²) in [6.07, 6.45) is 2.77. The molecule has 3 amide bonds. The predicted octanol–water partition coefficient (Wildman–Crippen LogP) is 1.94. The van der Waals surface area contributed by atoms with Crippen LogP contribution in [0.15, 0.2) is 12.7 Å². The van der Waals surface area contributed by atoms with E-state index in [2.05, 4.69) is 31.1 Å². The fraction of sp³-hybridized carbons (Fsp3) is 0.636. The Hall–Kier alpha value is -1.36. The van der Waals surface area contributed by atoms with Gasteiger partial charge in [0, 0.05) is 16.0 Å². The molecule has 0 aliphatic rings. The molecule has 0 radical (unpaired) electrons. The number of rotatable bonds is 5. The van der Waals surface area contributed by atoms with Gasteiger partial charge in [-0.1, -0.05) is 26.3 Å². The molecule has 5 nitrogen and oxygen atoms in total. The Balaban J connectivity index is -0.000000177. The van der Waals surface area contributed by atoms with Gasteiger partial charge < -0.3 is 10.1 Å². The standard InChI is InChI=1S/C8H14N2O3.C3H8.2H2/c1-3-5-9-8(12)10-7(11)6-13-4-2;1-3-2;;/h3H,1,4-6H2,2H3,(H2,9,10,11,12);3H2,1-2H3;2*1H. The van der Waals surface area contributed by atoms with E-state index in [1.54, 1.807) is 6.92 Å². The number of imide groups is 1. The van der Waals surface area contributed by atoms with Crippen molar-refractivity contribution in [2.45, 2.75) is 27.2 Å². The van der Waals surface area contributed by atoms with Gasteiger partial charge in [-0.3, -0.25) is 10.1 Å². The first kappa shape index (κ1) is 17.0. The molecule has 2 N–H and O–H groups in total. The predicted molar refractivity (Wildman–Crippen MR) is 68.4 cm³/mol. The van der Waals surface area contributed by atoms with Gasteiger partial charge in [-0.25, -0.2) is 4.79 Å². The van der Waals surface area contributed by atoms with Gasteiger partial charge in [0.05, 0.1) is 0 Å². The second-order valence-electron chi connectivity index (χ2n) is 2.89. The van der Waals surface area contributed by atoms with Crippen LogP contribution in [0.25, 0.3) is 0 Å². The summed E-state index contributed by atoms with van der Waals surface area (Å²) in [6.45, 7) is 10.1. The van der Waals surface area contributed by atoms with Crippen LogP contribution in [0.1, 0.15) is 30.0 Å². The molecule has 16 heavy (non-hydrogen) atoms. The molecule has 5 heteroatoms. The van der Waals surface area contributed by atoms with Crippen molar-refractivity contribution >= 4 is 11.9 Å². The molecular formula is C11H26N2O3. The van der Waals surface area contributed by atoms with E-state index >= 15 is 0 Å². The van der Waals surface area contributed by atoms with Crippen LogP contribution in [0.4, 0.5) is 4.79 Å². The Morgan fingerprint density at radius 3 is 2.38 bits per heavy atom. The van der Waals surface area contributed by atoms with Crippen molar-refractivity contribution in [2.24, 2.45) is 0 Å². The maximum Gasteiger partial charge on any atom is 0.321 e. The van der Waals surface area contributed by atoms with Gasteiger partial charge in [-0.05, 0) is 6.92 Å². The van der Waals surface area contributed by atoms with Gasteiger partial charge in [-0.15, -0.1) is 6.58 Å². The molecule has 0 fully saturated rings. The molecule has 0 heterocycles. The van der Waals surface area contributed by atoms with Crippen molar-refractivity contribution in [3.63, 3.8) is 0 Å². The van der Waals surface area contributed by atoms with Gasteiger partial charge in [0.1, 0.15) is 6.61 Å². The fourth-order valence-corrected chi connectivity index (χ4v) is 0.567. The summed E-state index contributed by atoms with van der Waals surface area (Å²) in [7, 11) is 0. The Bertz CT molecular complexity index is 214. The second kappa shape index (κ2) is 13.6. The maximum atomic E-state index is 10.9. The average Bonchev–Trinajstić information content (AvgIpc) is 2.24. The summed E-state index contributed by atoms with van der Waals surface area (Å²) in [5.41, 5.74) is 0. The molecule has 0 saturated heterocycles. The minimum Gasteiger partial charge on any atom is -0.372 e. The molecule has 0 bridgehead atoms. The zero-order chi connectivity index (χ0) is 12.8. The van der Waals surface area contributed by atoms with Crippen molar-refractivity contribution < 1.29 is 17.2 Å². The molecule has 0 aromatic heterocycles. The van der Waals surface area contributed by atoms with E-state index in [4.69, 9.17) is 4.74 Å². The Morgan fingerprint density at radius 2 is 1.94 bits per heavy atom. The first-order valence-corrected chi connectivity index (χ1v) is 5.38. The molecular weight excluding hydrogens is 208 g/mol. The van der Waals surface area contributed by atoms with Crippen LogP contribution in [0.2, 0.25) is 0 Å². The second-order valence-corrected chi connectivity index (χ2v) is 2.89. The van der Waals surface area contributed by atoms with Crippen molar-refractivity contribution in [3.05, 3.63) is 12.7 Å². The summed E-state index contributed by atoms with van der Waals surface area (Å²) in [4.78, 5) is 21.7. The molecule has 0 rings (SSSR count). The molecule has 98 valence electrons. The van der Waals surface area contributed by atoms with Crippen LogP contribution < -0.4 is 10.6 Å². The number of carbonyl (C=O) groups excluding carboxylic acids is 2. The number of amides is 3. The van der Waals surface area contributed by atoms with E-state index in [9.17, 15) is 9.59 Å². The van der Waals surface area contributed by atoms with Crippen LogP contribution in [0.5, 0.6) is 0 Å². The topological polar surface area (TPSA) is 67.4 Å². The molecule has 0 unspecified atom stereocenters. The highest BCUT2D eigenvalue weighted by atomic mass is 16.5. The van der Waals surface area contributed by atoms with Crippen LogP contribution in [0, 0.1) is 0 Å². The van der Waals surface area contributed by atoms with Crippen molar-refractivity contribution in [1.82, 2.24) is 10.6 Å². The number of nitrogens with one attached hydrogen (secondary N) is 2. The quantitative estimate of drug-likeness (QED) is 0.714. The third-order valence-electron chi connectivity index (χ3n) is 1.10. The lowest BCUT2D eigenvalue weighted by Gasteiger charge is -2.04. The SMILES string of the molecule is C=CCNC(=O)NC(=O)COCC.CCC.[HH].[HH]. The Morgan fingerprint density at radius 1 is 1.38 bits per heavy atom. The monoisotopic (exact) mass is 234 g/mol. The highest BCUT2D eigenvalue weighted by Gasteiger charge is 2.05. The van der Waals surface area contributed by atoms with E-state index in [0.717, 1.165) is 0 Å². The summed E-state index contributed by atoms with van der Waals surface area (Å²) in [5, 5.41) is 4.48. The van der Waals surface area contributed by atoms with Gasteiger partial charge in [0.25, 0.3) is 5.91 Å². The van der Waals surface area contributed by atoms with Crippen molar-refractivity contribution in [3.8, 4) is 0 Å². The van der Waals surface area contributed by atoms with Gasteiger partial charge in [0.15, 0.2) is 0 Å². The van der Waals surface area contributed by atoms with Gasteiger partial charge >= 0.3 is 6.03 Å². The largest absolute Gasteiger partial charge is 0.372 e. The third-order valence-corrected chi connectivity index (χ3v) is 1.10. The number of hydrogen-bond acceptors (Lipinski definition) is 3. The van der Waals surface area contributed by atoms with E-state index in [-0.39, 0.29) is 9.46 Å². The Labute approximate surface area is 100 Å². The zero-order valence-corrected chi connectivity index (χ0v) is 10.3. The number of ether oxygens (including phenoxy) is 1. The third kappa shape index (κ3) is 15.1. The smallest absolute Gasteiger partial charge is 0.321 e. The normalized spacial score (nSPS) is 8.44. The molecule has 0 aromatic rings. The van der Waals surface area contributed by atoms with Gasteiger partial charge in [-0.2, -0.15) is 0 Å². The summed E-state index contributed by atoms with van der Waals surface area (Å²) in [5.74, 6) is -0.455. The Kier molecular flexibility index (Phi) is 14.5. The lowest BCUT2D eigenvalue weighted by molar-refractivity contribution is -0.124. The van der Waals surface area contributed by atoms with Gasteiger partial charge in [0.2, 0.25) is 0 Å². The molecule has 0 aliphatic heterocycles. The molecule has 0 atom stereocenters. The first-order chi connectivity index (χ1) is 7.62. The average molecular weight is 234 g/mol. The first-order valence-electron chi connectivity index (χ1n) is 5.38. The van der Waals surface area contributed by atoms with Crippen LogP contribution in [-0.2, 0) is 9.53 Å². The number of carbonyl (C=O) groups is 2. The lowest BCUT2D eigenvalue weighted by atomic mass is 10.6. The molecule has 0 aliphatic carbocycles. The minimum absolute atomic E-state index is 0. The maximum absolute atomic E-state index is 10.9. The summed E-state index contributed by atoms with van der Waals surface area (Å²) < 4.78 is 4.79. The van der Waals surface area contributed by atoms with E-state index in [0.29, 0.717) is 13.2 Å². The summed E-state index contributed by atoms with van der Waals surface area (Å²) in [6, 6.07) is -0.537. The van der Waals surface area contributed by atoms with Crippen molar-refractivity contribution in [2.75, 3.05) is 19.8 Å². The van der Waals surface area contributed by atoms with Crippen molar-refractivity contribution in [1.29, 1.82) is 0 Å². The van der Waals surface area contributed by atoms with Crippen LogP contribution >= 0.6 is 0 Å². The summed E-state index contributed by atoms with van der Waals surface area (Å²) >= 11 is 0.